The summed E-state index contributed by atoms with van der Waals surface area (Å²) in [5, 5.41) is -1.55. The van der Waals surface area contributed by atoms with E-state index >= 15 is 0 Å². The van der Waals surface area contributed by atoms with Gasteiger partial charge in [0.1, 0.15) is 0 Å². The van der Waals surface area contributed by atoms with Gasteiger partial charge in [-0.05, 0) is 0 Å². The van der Waals surface area contributed by atoms with Gasteiger partial charge in [0.25, 0.3) is 10.2 Å². The first kappa shape index (κ1) is 18.7. The Morgan fingerprint density at radius 3 is 1.44 bits per heavy atom. The van der Waals surface area contributed by atoms with Crippen LogP contribution in [-0.2, 0) is 22.8 Å². The van der Waals surface area contributed by atoms with Gasteiger partial charge in [0.15, 0.2) is 0 Å². The molecule has 0 saturated heterocycles. The van der Waals surface area contributed by atoms with Crippen LogP contribution in [-0.4, -0.2) is 51.4 Å². The Balaban J connectivity index is 0. The fourth-order valence-corrected chi connectivity index (χ4v) is 1.57. The van der Waals surface area contributed by atoms with Crippen LogP contribution in [0.3, 0.4) is 0 Å². The molecule has 0 spiro atoms. The average molecular weight is 274 g/mol. The van der Waals surface area contributed by atoms with Crippen LogP contribution in [0.15, 0.2) is 0 Å². The third-order valence-electron chi connectivity index (χ3n) is 1.32. The molecule has 0 atom stereocenters. The predicted molar refractivity (Wildman–Crippen MR) is 64.0 cm³/mol. The summed E-state index contributed by atoms with van der Waals surface area (Å²) in [6.45, 7) is 3.08. The maximum absolute atomic E-state index is 10.9. The topological polar surface area (TPSA) is 77.5 Å². The Labute approximate surface area is 124 Å². The van der Waals surface area contributed by atoms with E-state index in [4.69, 9.17) is 0 Å². The molecule has 0 radical (unpaired) electrons. The van der Waals surface area contributed by atoms with Gasteiger partial charge < -0.3 is 0 Å². The van der Waals surface area contributed by atoms with Gasteiger partial charge >= 0.3 is 29.6 Å². The molecule has 86 valence electrons. The molecule has 8 heteroatoms. The standard InChI is InChI=1S/C8H10O5S2.Na.H/c1-3-5(9)7(11)14-13-15-8(12)6(10)4-2;;/h3-4H2,1-2H3;;. The number of hydrogen-bond acceptors (Lipinski definition) is 7. The molecule has 0 aromatic carbocycles. The zero-order chi connectivity index (χ0) is 11.8. The number of ketones is 2. The molecule has 0 fully saturated rings. The van der Waals surface area contributed by atoms with Crippen molar-refractivity contribution in [2.45, 2.75) is 26.7 Å². The number of hydrogen-bond donors (Lipinski definition) is 0. The second-order valence-electron chi connectivity index (χ2n) is 2.36. The number of carbonyl (C=O) groups excluding carboxylic acids is 4. The van der Waals surface area contributed by atoms with Gasteiger partial charge in [-0.15, -0.1) is 0 Å². The second kappa shape index (κ2) is 10.5. The second-order valence-corrected chi connectivity index (χ2v) is 3.98. The Morgan fingerprint density at radius 1 is 0.875 bits per heavy atom. The summed E-state index contributed by atoms with van der Waals surface area (Å²) in [4.78, 5) is 43.3. The average Bonchev–Trinajstić information content (AvgIpc) is 2.26. The van der Waals surface area contributed by atoms with E-state index in [1.807, 2.05) is 0 Å². The summed E-state index contributed by atoms with van der Waals surface area (Å²) in [5.74, 6) is -1.18. The van der Waals surface area contributed by atoms with Crippen LogP contribution < -0.4 is 0 Å². The monoisotopic (exact) mass is 274 g/mol. The molecular weight excluding hydrogens is 263 g/mol. The van der Waals surface area contributed by atoms with Crippen molar-refractivity contribution in [2.75, 3.05) is 0 Å². The van der Waals surface area contributed by atoms with E-state index in [0.717, 1.165) is 0 Å². The zero-order valence-electron chi connectivity index (χ0n) is 8.27. The van der Waals surface area contributed by atoms with Crippen LogP contribution in [0, 0.1) is 0 Å². The Hall–Kier alpha value is 0.340. The SMILES string of the molecule is CCC(=O)C(=O)SOSC(=O)C(=O)CC.[NaH]. The molecule has 16 heavy (non-hydrogen) atoms. The summed E-state index contributed by atoms with van der Waals surface area (Å²) in [7, 11) is 0. The molecule has 0 bridgehead atoms. The third kappa shape index (κ3) is 7.59. The van der Waals surface area contributed by atoms with E-state index in [-0.39, 0.29) is 66.5 Å². The fraction of sp³-hybridized carbons (Fsp3) is 0.500. The van der Waals surface area contributed by atoms with E-state index in [2.05, 4.69) is 3.63 Å². The van der Waals surface area contributed by atoms with E-state index in [9.17, 15) is 19.2 Å². The van der Waals surface area contributed by atoms with Crippen molar-refractivity contribution in [1.29, 1.82) is 0 Å². The van der Waals surface area contributed by atoms with Gasteiger partial charge in [-0.3, -0.25) is 19.2 Å². The number of rotatable bonds is 6. The fourth-order valence-electron chi connectivity index (χ4n) is 0.460. The molecule has 0 heterocycles. The third-order valence-corrected chi connectivity index (χ3v) is 2.62. The van der Waals surface area contributed by atoms with Gasteiger partial charge in [0.05, 0.1) is 24.1 Å². The quantitative estimate of drug-likeness (QED) is 0.400. The summed E-state index contributed by atoms with van der Waals surface area (Å²) < 4.78 is 4.50. The first-order chi connectivity index (χ1) is 7.02. The first-order valence-electron chi connectivity index (χ1n) is 4.18. The number of Topliss-reactive ketones (excluding diaryl/α,β-unsaturated/α-hetero) is 2. The Bertz CT molecular complexity index is 264. The zero-order valence-corrected chi connectivity index (χ0v) is 9.90. The van der Waals surface area contributed by atoms with Crippen molar-refractivity contribution in [3.8, 4) is 0 Å². The molecule has 0 rings (SSSR count). The molecule has 0 amide bonds. The van der Waals surface area contributed by atoms with Crippen LogP contribution >= 0.6 is 24.1 Å². The van der Waals surface area contributed by atoms with Crippen molar-refractivity contribution in [3.63, 3.8) is 0 Å². The molecule has 0 N–H and O–H groups in total. The Morgan fingerprint density at radius 2 is 1.19 bits per heavy atom. The van der Waals surface area contributed by atoms with Gasteiger partial charge in [-0.25, -0.2) is 3.63 Å². The van der Waals surface area contributed by atoms with Crippen molar-refractivity contribution in [1.82, 2.24) is 0 Å². The normalized spacial score (nSPS) is 9.12. The number of carbonyl (C=O) groups is 4. The minimum atomic E-state index is -0.776. The molecule has 0 saturated carbocycles. The van der Waals surface area contributed by atoms with Crippen LogP contribution in [0.1, 0.15) is 26.7 Å². The molecule has 0 aliphatic heterocycles. The van der Waals surface area contributed by atoms with Crippen LogP contribution in [0.2, 0.25) is 0 Å². The maximum atomic E-state index is 10.9. The molecular formula is C8H11NaO5S2. The first-order valence-corrected chi connectivity index (χ1v) is 5.66. The molecule has 5 nitrogen and oxygen atoms in total. The summed E-state index contributed by atoms with van der Waals surface area (Å²) in [5.41, 5.74) is 0. The molecule has 0 aromatic rings. The Kier molecular flexibility index (Phi) is 12.3. The molecule has 0 aromatic heterocycles. The van der Waals surface area contributed by atoms with Crippen LogP contribution in [0.25, 0.3) is 0 Å². The van der Waals surface area contributed by atoms with Crippen molar-refractivity contribution in [2.24, 2.45) is 0 Å². The van der Waals surface area contributed by atoms with Crippen LogP contribution in [0.4, 0.5) is 0 Å². The van der Waals surface area contributed by atoms with E-state index < -0.39 is 21.8 Å². The van der Waals surface area contributed by atoms with Gasteiger partial charge in [0, 0.05) is 12.8 Å². The van der Waals surface area contributed by atoms with Crippen LogP contribution in [0.5, 0.6) is 0 Å². The molecule has 0 aliphatic carbocycles. The molecule has 0 aliphatic rings. The van der Waals surface area contributed by atoms with Gasteiger partial charge in [0.2, 0.25) is 11.6 Å². The van der Waals surface area contributed by atoms with Gasteiger partial charge in [-0.1, -0.05) is 13.8 Å². The van der Waals surface area contributed by atoms with E-state index in [1.54, 1.807) is 13.8 Å². The van der Waals surface area contributed by atoms with Crippen molar-refractivity contribution < 1.29 is 22.8 Å². The van der Waals surface area contributed by atoms with Gasteiger partial charge in [-0.2, -0.15) is 0 Å². The summed E-state index contributed by atoms with van der Waals surface area (Å²) in [6.07, 6.45) is 0.170. The molecule has 0 unspecified atom stereocenters. The minimum absolute atomic E-state index is 0. The van der Waals surface area contributed by atoms with Crippen molar-refractivity contribution >= 4 is 75.4 Å². The van der Waals surface area contributed by atoms with E-state index in [0.29, 0.717) is 0 Å². The van der Waals surface area contributed by atoms with E-state index in [1.165, 1.54) is 0 Å². The predicted octanol–water partition coefficient (Wildman–Crippen LogP) is 0.662. The van der Waals surface area contributed by atoms with Crippen molar-refractivity contribution in [3.05, 3.63) is 0 Å². The summed E-state index contributed by atoms with van der Waals surface area (Å²) in [6, 6.07) is 0. The summed E-state index contributed by atoms with van der Waals surface area (Å²) >= 11 is 0.534.